The Labute approximate surface area is 822 Å². The van der Waals surface area contributed by atoms with Gasteiger partial charge in [-0.1, -0.05) is 121 Å². The van der Waals surface area contributed by atoms with Gasteiger partial charge in [0.15, 0.2) is 46.0 Å². The highest BCUT2D eigenvalue weighted by atomic mass is 16.7. The highest BCUT2D eigenvalue weighted by molar-refractivity contribution is 6.33. The first-order valence-corrected chi connectivity index (χ1v) is 41.8. The third kappa shape index (κ3) is 33.7. The maximum atomic E-state index is 13.7. The van der Waals surface area contributed by atoms with Crippen LogP contribution in [0, 0.1) is 0 Å². The molecule has 144 heavy (non-hydrogen) atoms. The van der Waals surface area contributed by atoms with E-state index in [0.29, 0.717) is 22.3 Å². The summed E-state index contributed by atoms with van der Waals surface area (Å²) < 4.78 is 118. The lowest BCUT2D eigenvalue weighted by molar-refractivity contribution is -0.148. The van der Waals surface area contributed by atoms with Gasteiger partial charge in [0.05, 0.1) is 22.3 Å². The van der Waals surface area contributed by atoms with Crippen molar-refractivity contribution in [3.8, 4) is 114 Å². The van der Waals surface area contributed by atoms with Gasteiger partial charge in [0.1, 0.15) is 23.0 Å². The molecule has 0 aliphatic carbocycles. The van der Waals surface area contributed by atoms with E-state index < -0.39 is 177 Å². The summed E-state index contributed by atoms with van der Waals surface area (Å²) in [5.74, 6) is -20.6. The van der Waals surface area contributed by atoms with Crippen LogP contribution in [-0.2, 0) is 90.8 Å². The van der Waals surface area contributed by atoms with Crippen LogP contribution in [0.5, 0.6) is 92.0 Å². The number of carbonyl (C=O) groups is 17. The lowest BCUT2D eigenvalue weighted by atomic mass is 10.1. The molecule has 0 bridgehead atoms. The van der Waals surface area contributed by atoms with E-state index in [1.54, 1.807) is 48.5 Å². The number of esters is 16. The average molecular weight is 1980 g/mol. The molecule has 0 saturated carbocycles. The van der Waals surface area contributed by atoms with Gasteiger partial charge in [-0.15, -0.1) is 0 Å². The van der Waals surface area contributed by atoms with Crippen molar-refractivity contribution in [1.29, 1.82) is 0 Å². The molecule has 748 valence electrons. The van der Waals surface area contributed by atoms with Gasteiger partial charge < -0.3 is 104 Å². The van der Waals surface area contributed by atoms with Crippen LogP contribution in [-0.4, -0.2) is 142 Å². The van der Waals surface area contributed by atoms with Crippen LogP contribution in [0.25, 0.3) is 22.3 Å². The van der Waals surface area contributed by atoms with Crippen LogP contribution in [0.2, 0.25) is 0 Å². The highest BCUT2D eigenvalue weighted by Crippen LogP contribution is 2.45. The fraction of sp³-hybridized carbons (Fsp3) is 0.171. The molecule has 0 spiro atoms. The summed E-state index contributed by atoms with van der Waals surface area (Å²) in [5.41, 5.74) is 1.58. The summed E-state index contributed by atoms with van der Waals surface area (Å²) in [7, 11) is 0. The number of rotatable bonds is 46. The van der Waals surface area contributed by atoms with E-state index in [-0.39, 0.29) is 141 Å². The van der Waals surface area contributed by atoms with Crippen LogP contribution in [0.15, 0.2) is 279 Å². The molecule has 39 heteroatoms. The Morgan fingerprint density at radius 2 is 0.340 bits per heavy atom. The predicted molar refractivity (Wildman–Crippen MR) is 506 cm³/mol. The standard InChI is InChI=1S/C56H54O22.C49H40O17/c1-31(2)49(57)71-25-65-43-21-39(22-44(66-26-72-50(58)32(3)4)47(43)69-29-75-53(61)35(9)10)55(63)77-41-17-13-37(14-18-41)38-15-19-42(20-16-38)78-56(64)40-23-45(67-27-73-51(59)33(5)6)48(70-30-76-54(62)36(11)12)46(24-40)68-28-74-52(60)34(7)8;1-24(2)42(51)61-36-20-32(21-37(62-43(52)25(3)4)40(36)65-46(55)28(9)10)48(57)59-34-16-12-30(13-17-34)31-14-18-35(19-15-31)60-49(58)33-22-38(63-44(53)26(5)6)41(66-47(56)29(11)50)39(23-33)64-45(54)27(7)8/h13-24H,1,3,5,7,9,11,25-30H2,2,4,6,8,10,12H3;12-23H,1,3,5,7,9H2,2,4,6,8,10-11H3. The van der Waals surface area contributed by atoms with E-state index in [9.17, 15) is 81.5 Å². The highest BCUT2D eigenvalue weighted by Gasteiger charge is 2.32. The third-order valence-electron chi connectivity index (χ3n) is 17.7. The second kappa shape index (κ2) is 52.4. The van der Waals surface area contributed by atoms with Gasteiger partial charge in [0, 0.05) is 68.2 Å². The minimum absolute atomic E-state index is 0.0318. The normalized spacial score (nSPS) is 10.2. The number of ether oxygens (including phenoxy) is 22. The molecule has 0 saturated heterocycles. The SMILES string of the molecule is C=C(C)C(=O)OCOc1cc(C(=O)Oc2ccc(-c3ccc(OC(=O)c4cc(OCOC(=O)C(=C)C)c(OCOC(=O)C(=C)C)c(OCOC(=O)C(=C)C)c4)cc3)cc2)cc(OCOC(=O)C(=C)C)c1OCOC(=O)C(=C)C.C=C(C)C(=O)Oc1cc(C(=O)Oc2ccc(-c3ccc(OC(=O)c4cc(OC(=O)C(=C)C)c(OC(=O)C(C)=O)c(OC(=O)C(=C)C)c4)cc3)cc2)cc(OC(=O)C(=C)C)c1OC(=O)C(=C)C. The first kappa shape index (κ1) is 112. The van der Waals surface area contributed by atoms with Crippen molar-refractivity contribution >= 4 is 101 Å². The molecule has 0 fully saturated rings. The van der Waals surface area contributed by atoms with E-state index in [2.05, 4.69) is 72.4 Å². The number of benzene rings is 8. The van der Waals surface area contributed by atoms with Gasteiger partial charge in [-0.2, -0.15) is 0 Å². The number of ketones is 1. The quantitative estimate of drug-likeness (QED) is 0.00854. The number of carbonyl (C=O) groups excluding carboxylic acids is 17. The summed E-state index contributed by atoms with van der Waals surface area (Å²) in [6.45, 7) is 50.5. The Balaban J connectivity index is 0.000000396. The lowest BCUT2D eigenvalue weighted by Crippen LogP contribution is -2.20. The van der Waals surface area contributed by atoms with Gasteiger partial charge in [-0.25, -0.2) is 76.7 Å². The molecule has 0 N–H and O–H groups in total. The third-order valence-corrected chi connectivity index (χ3v) is 17.7. The number of hydrogen-bond acceptors (Lipinski definition) is 39. The van der Waals surface area contributed by atoms with E-state index >= 15 is 0 Å². The fourth-order valence-corrected chi connectivity index (χ4v) is 10.2. The molecule has 8 aromatic rings. The van der Waals surface area contributed by atoms with Crippen LogP contribution in [0.3, 0.4) is 0 Å². The van der Waals surface area contributed by atoms with Crippen LogP contribution >= 0.6 is 0 Å². The minimum atomic E-state index is -1.40. The van der Waals surface area contributed by atoms with E-state index in [1.807, 2.05) is 0 Å². The van der Waals surface area contributed by atoms with Crippen molar-refractivity contribution < 1.29 is 186 Å². The van der Waals surface area contributed by atoms with Gasteiger partial charge in [0.25, 0.3) is 0 Å². The second-order valence-electron chi connectivity index (χ2n) is 30.5. The van der Waals surface area contributed by atoms with E-state index in [4.69, 9.17) is 104 Å². The van der Waals surface area contributed by atoms with Crippen molar-refractivity contribution in [1.82, 2.24) is 0 Å². The summed E-state index contributed by atoms with van der Waals surface area (Å²) in [6, 6.07) is 33.4. The second-order valence-corrected chi connectivity index (χ2v) is 30.5. The topological polar surface area (TPSA) is 493 Å². The smallest absolute Gasteiger partial charge is 0.379 e. The van der Waals surface area contributed by atoms with Crippen molar-refractivity contribution in [2.45, 2.75) is 83.1 Å². The van der Waals surface area contributed by atoms with Gasteiger partial charge >= 0.3 is 95.5 Å². The molecular formula is C105H94O39. The summed E-state index contributed by atoms with van der Waals surface area (Å²) >= 11 is 0. The molecule has 39 nitrogen and oxygen atoms in total. The first-order valence-electron chi connectivity index (χ1n) is 41.8. The summed E-state index contributed by atoms with van der Waals surface area (Å²) in [5, 5.41) is 0. The van der Waals surface area contributed by atoms with Crippen molar-refractivity contribution in [2.75, 3.05) is 40.8 Å². The number of Topliss-reactive ketones (excluding diaryl/α,β-unsaturated/α-hetero) is 1. The van der Waals surface area contributed by atoms with E-state index in [0.717, 1.165) is 31.2 Å². The Morgan fingerprint density at radius 3 is 0.514 bits per heavy atom. The Hall–Kier alpha value is -19.1. The molecule has 0 amide bonds. The molecule has 0 unspecified atom stereocenters. The minimum Gasteiger partial charge on any atom is -0.453 e. The van der Waals surface area contributed by atoms with Crippen molar-refractivity contribution in [3.63, 3.8) is 0 Å². The molecule has 0 radical (unpaired) electrons. The Morgan fingerprint density at radius 1 is 0.181 bits per heavy atom. The van der Waals surface area contributed by atoms with Gasteiger partial charge in [-0.3, -0.25) is 4.79 Å². The predicted octanol–water partition coefficient (Wildman–Crippen LogP) is 16.2. The zero-order valence-corrected chi connectivity index (χ0v) is 79.8. The van der Waals surface area contributed by atoms with Gasteiger partial charge in [-0.05, 0) is 195 Å². The molecule has 0 atom stereocenters. The summed E-state index contributed by atoms with van der Waals surface area (Å²) in [4.78, 5) is 214. The fourth-order valence-electron chi connectivity index (χ4n) is 10.2. The van der Waals surface area contributed by atoms with Crippen LogP contribution in [0.1, 0.15) is 125 Å². The summed E-state index contributed by atoms with van der Waals surface area (Å²) in [6.07, 6.45) is 0. The zero-order chi connectivity index (χ0) is 107. The average Bonchev–Trinajstić information content (AvgIpc) is 0.808. The Kier molecular flexibility index (Phi) is 40.7. The zero-order valence-electron chi connectivity index (χ0n) is 79.8. The molecule has 0 aromatic heterocycles. The first-order chi connectivity index (χ1) is 67.9. The molecule has 0 aliphatic heterocycles. The molecule has 8 rings (SSSR count). The van der Waals surface area contributed by atoms with Crippen LogP contribution < -0.4 is 75.8 Å². The van der Waals surface area contributed by atoms with E-state index in [1.165, 1.54) is 149 Å². The maximum absolute atomic E-state index is 13.7. The molecule has 0 heterocycles. The molecule has 0 aliphatic rings. The largest absolute Gasteiger partial charge is 0.453 e. The monoisotopic (exact) mass is 1980 g/mol. The van der Waals surface area contributed by atoms with Crippen molar-refractivity contribution in [3.05, 3.63) is 302 Å². The van der Waals surface area contributed by atoms with Crippen LogP contribution in [0.4, 0.5) is 0 Å². The van der Waals surface area contributed by atoms with Gasteiger partial charge in [0.2, 0.25) is 69.5 Å². The Bertz CT molecular complexity index is 5990. The molecular weight excluding hydrogens is 1890 g/mol. The van der Waals surface area contributed by atoms with Crippen molar-refractivity contribution in [2.24, 2.45) is 0 Å². The maximum Gasteiger partial charge on any atom is 0.379 e. The number of hydrogen-bond donors (Lipinski definition) is 0. The lowest BCUT2D eigenvalue weighted by Gasteiger charge is -2.18. The molecule has 8 aromatic carbocycles.